The highest BCUT2D eigenvalue weighted by Crippen LogP contribution is 2.24. The molecule has 0 saturated heterocycles. The lowest BCUT2D eigenvalue weighted by atomic mass is 10.2. The third-order valence-corrected chi connectivity index (χ3v) is 5.04. The fraction of sp³-hybridized carbons (Fsp3) is 0.308. The van der Waals surface area contributed by atoms with Gasteiger partial charge in [-0.25, -0.2) is 13.1 Å². The van der Waals surface area contributed by atoms with Gasteiger partial charge in [-0.1, -0.05) is 17.7 Å². The minimum atomic E-state index is -3.71. The number of hydrogen-bond donors (Lipinski definition) is 3. The van der Waals surface area contributed by atoms with Crippen LogP contribution in [0.2, 0.25) is 5.02 Å². The number of hydrogen-bond acceptors (Lipinski definition) is 4. The molecule has 0 radical (unpaired) electrons. The van der Waals surface area contributed by atoms with Crippen LogP contribution in [-0.4, -0.2) is 25.7 Å². The smallest absolute Gasteiger partial charge is 0.242 e. The van der Waals surface area contributed by atoms with E-state index in [1.807, 2.05) is 0 Å². The molecule has 0 fully saturated rings. The van der Waals surface area contributed by atoms with E-state index in [9.17, 15) is 8.42 Å². The van der Waals surface area contributed by atoms with E-state index in [0.29, 0.717) is 6.54 Å². The maximum absolute atomic E-state index is 12.5. The summed E-state index contributed by atoms with van der Waals surface area (Å²) in [6.45, 7) is 2.31. The maximum atomic E-state index is 12.5. The summed E-state index contributed by atoms with van der Waals surface area (Å²) in [6.07, 6.45) is 3.22. The Hall–Kier alpha value is -1.41. The van der Waals surface area contributed by atoms with Gasteiger partial charge in [0.05, 0.1) is 11.2 Å². The van der Waals surface area contributed by atoms with Crippen LogP contribution in [0.5, 0.6) is 0 Å². The van der Waals surface area contributed by atoms with Crippen LogP contribution in [0.15, 0.2) is 35.5 Å². The first-order valence-electron chi connectivity index (χ1n) is 6.38. The van der Waals surface area contributed by atoms with Crippen molar-refractivity contribution in [2.45, 2.75) is 24.4 Å². The minimum Gasteiger partial charge on any atom is -0.316 e. The second-order valence-corrected chi connectivity index (χ2v) is 6.76. The van der Waals surface area contributed by atoms with Crippen molar-refractivity contribution in [2.75, 3.05) is 7.05 Å². The third-order valence-electron chi connectivity index (χ3n) is 3.02. The monoisotopic (exact) mass is 328 g/mol. The molecule has 3 N–H and O–H groups in total. The summed E-state index contributed by atoms with van der Waals surface area (Å²) in [4.78, 5) is 0.0762. The zero-order chi connectivity index (χ0) is 15.5. The summed E-state index contributed by atoms with van der Waals surface area (Å²) in [5.74, 6) is 0. The molecule has 1 heterocycles. The molecule has 0 amide bonds. The van der Waals surface area contributed by atoms with E-state index in [0.717, 1.165) is 11.1 Å². The molecule has 2 rings (SSSR count). The lowest BCUT2D eigenvalue weighted by Crippen LogP contribution is -2.27. The van der Waals surface area contributed by atoms with Gasteiger partial charge in [0.2, 0.25) is 10.0 Å². The molecule has 0 spiro atoms. The van der Waals surface area contributed by atoms with Gasteiger partial charge in [-0.2, -0.15) is 5.10 Å². The lowest BCUT2D eigenvalue weighted by Gasteiger charge is -2.14. The van der Waals surface area contributed by atoms with Crippen LogP contribution in [0.1, 0.15) is 24.1 Å². The van der Waals surface area contributed by atoms with Crippen LogP contribution in [0, 0.1) is 0 Å². The first kappa shape index (κ1) is 16.0. The molecule has 1 aromatic carbocycles. The van der Waals surface area contributed by atoms with Crippen LogP contribution in [0.3, 0.4) is 0 Å². The Morgan fingerprint density at radius 3 is 2.81 bits per heavy atom. The number of benzene rings is 1. The van der Waals surface area contributed by atoms with Crippen molar-refractivity contribution < 1.29 is 8.42 Å². The van der Waals surface area contributed by atoms with Crippen molar-refractivity contribution in [3.05, 3.63) is 46.7 Å². The van der Waals surface area contributed by atoms with Gasteiger partial charge < -0.3 is 5.32 Å². The highest BCUT2D eigenvalue weighted by Gasteiger charge is 2.22. The molecule has 1 atom stereocenters. The standard InChI is InChI=1S/C13H17ClN4O2S/c1-9(11-7-16-17-8-11)18-21(19,20)13-5-10(6-15-2)3-4-12(13)14/h3-5,7-9,15,18H,6H2,1-2H3,(H,16,17). The Bertz CT molecular complexity index is 701. The zero-order valence-corrected chi connectivity index (χ0v) is 13.3. The molecular formula is C13H17ClN4O2S. The second kappa shape index (κ2) is 6.57. The summed E-state index contributed by atoms with van der Waals surface area (Å²) < 4.78 is 27.5. The van der Waals surface area contributed by atoms with E-state index >= 15 is 0 Å². The van der Waals surface area contributed by atoms with Gasteiger partial charge >= 0.3 is 0 Å². The first-order valence-corrected chi connectivity index (χ1v) is 8.24. The molecule has 0 aliphatic rings. The molecule has 1 unspecified atom stereocenters. The molecule has 114 valence electrons. The first-order chi connectivity index (χ1) is 9.94. The van der Waals surface area contributed by atoms with Gasteiger partial charge in [-0.05, 0) is 31.7 Å². The number of sulfonamides is 1. The van der Waals surface area contributed by atoms with E-state index < -0.39 is 16.1 Å². The summed E-state index contributed by atoms with van der Waals surface area (Å²) in [5, 5.41) is 9.63. The van der Waals surface area contributed by atoms with Gasteiger partial charge in [-0.15, -0.1) is 0 Å². The van der Waals surface area contributed by atoms with Crippen LogP contribution in [-0.2, 0) is 16.6 Å². The topological polar surface area (TPSA) is 86.9 Å². The molecule has 0 aliphatic carbocycles. The molecule has 0 aliphatic heterocycles. The van der Waals surface area contributed by atoms with Crippen LogP contribution in [0.25, 0.3) is 0 Å². The Morgan fingerprint density at radius 2 is 2.19 bits per heavy atom. The van der Waals surface area contributed by atoms with Gasteiger partial charge in [0, 0.05) is 24.3 Å². The quantitative estimate of drug-likeness (QED) is 0.755. The molecule has 21 heavy (non-hydrogen) atoms. The predicted molar refractivity (Wildman–Crippen MR) is 81.5 cm³/mol. The van der Waals surface area contributed by atoms with E-state index in [1.54, 1.807) is 44.6 Å². The van der Waals surface area contributed by atoms with Crippen molar-refractivity contribution in [3.63, 3.8) is 0 Å². The Kier molecular flexibility index (Phi) is 5.00. The van der Waals surface area contributed by atoms with Gasteiger partial charge in [-0.3, -0.25) is 5.10 Å². The van der Waals surface area contributed by atoms with Crippen LogP contribution < -0.4 is 10.0 Å². The number of H-pyrrole nitrogens is 1. The zero-order valence-electron chi connectivity index (χ0n) is 11.7. The summed E-state index contributed by atoms with van der Waals surface area (Å²) in [5.41, 5.74) is 1.60. The molecule has 0 bridgehead atoms. The van der Waals surface area contributed by atoms with Crippen LogP contribution in [0.4, 0.5) is 0 Å². The predicted octanol–water partition coefficient (Wildman–Crippen LogP) is 1.82. The molecule has 8 heteroatoms. The fourth-order valence-electron chi connectivity index (χ4n) is 1.93. The summed E-state index contributed by atoms with van der Waals surface area (Å²) >= 11 is 6.03. The van der Waals surface area contributed by atoms with E-state index in [-0.39, 0.29) is 9.92 Å². The lowest BCUT2D eigenvalue weighted by molar-refractivity contribution is 0.567. The average molecular weight is 329 g/mol. The van der Waals surface area contributed by atoms with Crippen molar-refractivity contribution >= 4 is 21.6 Å². The average Bonchev–Trinajstić information content (AvgIpc) is 2.94. The Balaban J connectivity index is 2.28. The summed E-state index contributed by atoms with van der Waals surface area (Å²) in [6, 6.07) is 4.55. The Labute approximate surface area is 129 Å². The molecular weight excluding hydrogens is 312 g/mol. The van der Waals surface area contributed by atoms with Gasteiger partial charge in [0.1, 0.15) is 4.90 Å². The van der Waals surface area contributed by atoms with Crippen molar-refractivity contribution in [1.29, 1.82) is 0 Å². The second-order valence-electron chi connectivity index (χ2n) is 4.67. The molecule has 6 nitrogen and oxygen atoms in total. The highest BCUT2D eigenvalue weighted by molar-refractivity contribution is 7.89. The minimum absolute atomic E-state index is 0.0762. The SMILES string of the molecule is CNCc1ccc(Cl)c(S(=O)(=O)NC(C)c2cn[nH]c2)c1. The largest absolute Gasteiger partial charge is 0.316 e. The van der Waals surface area contributed by atoms with Gasteiger partial charge in [0.25, 0.3) is 0 Å². The summed E-state index contributed by atoms with van der Waals surface area (Å²) in [7, 11) is -1.91. The number of nitrogens with zero attached hydrogens (tertiary/aromatic N) is 1. The third kappa shape index (κ3) is 3.82. The number of nitrogens with one attached hydrogen (secondary N) is 3. The number of aromatic nitrogens is 2. The van der Waals surface area contributed by atoms with Crippen molar-refractivity contribution in [1.82, 2.24) is 20.2 Å². The highest BCUT2D eigenvalue weighted by atomic mass is 35.5. The van der Waals surface area contributed by atoms with E-state index in [4.69, 9.17) is 11.6 Å². The fourth-order valence-corrected chi connectivity index (χ4v) is 3.71. The van der Waals surface area contributed by atoms with Crippen molar-refractivity contribution in [3.8, 4) is 0 Å². The molecule has 0 saturated carbocycles. The normalized spacial score (nSPS) is 13.3. The molecule has 1 aromatic heterocycles. The number of aromatic amines is 1. The molecule has 2 aromatic rings. The Morgan fingerprint density at radius 1 is 1.43 bits per heavy atom. The maximum Gasteiger partial charge on any atom is 0.242 e. The number of halogens is 1. The van der Waals surface area contributed by atoms with Crippen LogP contribution >= 0.6 is 11.6 Å². The van der Waals surface area contributed by atoms with E-state index in [2.05, 4.69) is 20.2 Å². The number of rotatable bonds is 6. The van der Waals surface area contributed by atoms with E-state index in [1.165, 1.54) is 0 Å². The van der Waals surface area contributed by atoms with Gasteiger partial charge in [0.15, 0.2) is 0 Å². The van der Waals surface area contributed by atoms with Crippen molar-refractivity contribution in [2.24, 2.45) is 0 Å².